The minimum absolute atomic E-state index is 0.353. The van der Waals surface area contributed by atoms with E-state index in [1.54, 1.807) is 30.4 Å². The molecule has 41 heavy (non-hydrogen) atoms. The van der Waals surface area contributed by atoms with E-state index in [1.807, 2.05) is 47.4 Å². The van der Waals surface area contributed by atoms with Crippen LogP contribution in [0.5, 0.6) is 5.75 Å². The van der Waals surface area contributed by atoms with Crippen LogP contribution in [0.3, 0.4) is 0 Å². The van der Waals surface area contributed by atoms with Gasteiger partial charge in [0.05, 0.1) is 32.6 Å². The molecule has 3 atom stereocenters. The molecule has 4 heterocycles. The van der Waals surface area contributed by atoms with Crippen molar-refractivity contribution in [2.75, 3.05) is 48.4 Å². The third-order valence-corrected chi connectivity index (χ3v) is 8.59. The Balaban J connectivity index is 1.12. The number of hydrogen-bond donors (Lipinski definition) is 0. The van der Waals surface area contributed by atoms with E-state index in [1.165, 1.54) is 0 Å². The van der Waals surface area contributed by atoms with Crippen molar-refractivity contribution in [2.45, 2.75) is 37.1 Å². The molecule has 4 aromatic rings. The lowest BCUT2D eigenvalue weighted by atomic mass is 10.0. The molecule has 0 radical (unpaired) electrons. The number of nitrogens with zero attached hydrogens (tertiary/aromatic N) is 6. The van der Waals surface area contributed by atoms with Crippen LogP contribution >= 0.6 is 35.0 Å². The average Bonchev–Trinajstić information content (AvgIpc) is 3.76. The van der Waals surface area contributed by atoms with E-state index in [-0.39, 0.29) is 6.10 Å². The molecule has 0 bridgehead atoms. The Morgan fingerprint density at radius 3 is 2.61 bits per heavy atom. The van der Waals surface area contributed by atoms with Gasteiger partial charge >= 0.3 is 0 Å². The third kappa shape index (κ3) is 6.62. The van der Waals surface area contributed by atoms with Gasteiger partial charge in [-0.2, -0.15) is 0 Å². The van der Waals surface area contributed by atoms with Gasteiger partial charge < -0.3 is 28.7 Å². The summed E-state index contributed by atoms with van der Waals surface area (Å²) in [5.74, 6) is 1.73. The van der Waals surface area contributed by atoms with E-state index < -0.39 is 12.4 Å². The van der Waals surface area contributed by atoms with Gasteiger partial charge in [-0.1, -0.05) is 48.0 Å². The van der Waals surface area contributed by atoms with Gasteiger partial charge in [0, 0.05) is 59.2 Å². The van der Waals surface area contributed by atoms with Crippen LogP contribution < -0.4 is 14.6 Å². The number of thioether (sulfide) groups is 1. The maximum atomic E-state index is 6.63. The van der Waals surface area contributed by atoms with E-state index in [0.29, 0.717) is 23.2 Å². The highest BCUT2D eigenvalue weighted by atomic mass is 35.5. The molecular formula is C29H32Cl2N6O3S. The molecule has 2 aliphatic rings. The summed E-state index contributed by atoms with van der Waals surface area (Å²) < 4.78 is 22.9. The van der Waals surface area contributed by atoms with Crippen molar-refractivity contribution in [3.8, 4) is 5.75 Å². The Labute approximate surface area is 253 Å². The second-order valence-electron chi connectivity index (χ2n) is 9.82. The maximum absolute atomic E-state index is 6.63. The predicted molar refractivity (Wildman–Crippen MR) is 162 cm³/mol. The molecule has 6 rings (SSSR count). The van der Waals surface area contributed by atoms with Gasteiger partial charge in [-0.25, -0.2) is 14.6 Å². The largest absolute Gasteiger partial charge is 0.483 e. The summed E-state index contributed by atoms with van der Waals surface area (Å²) in [5.41, 5.74) is 1.96. The van der Waals surface area contributed by atoms with Crippen LogP contribution in [0.2, 0.25) is 10.0 Å². The number of hydrogen-bond acceptors (Lipinski definition) is 8. The van der Waals surface area contributed by atoms with E-state index >= 15 is 0 Å². The Morgan fingerprint density at radius 1 is 1.05 bits per heavy atom. The summed E-state index contributed by atoms with van der Waals surface area (Å²) >= 11 is 14.6. The first-order valence-corrected chi connectivity index (χ1v) is 15.4. The van der Waals surface area contributed by atoms with Crippen LogP contribution in [0, 0.1) is 0 Å². The smallest absolute Gasteiger partial charge is 0.186 e. The fourth-order valence-corrected chi connectivity index (χ4v) is 6.37. The molecule has 0 aliphatic carbocycles. The Morgan fingerprint density at radius 2 is 1.88 bits per heavy atom. The number of rotatable bonds is 10. The first-order valence-electron chi connectivity index (χ1n) is 13.7. The van der Waals surface area contributed by atoms with E-state index in [4.69, 9.17) is 37.4 Å². The molecule has 2 aromatic carbocycles. The quantitative estimate of drug-likeness (QED) is 0.216. The number of piperazine rings is 1. The van der Waals surface area contributed by atoms with Crippen LogP contribution in [0.1, 0.15) is 18.6 Å². The molecule has 2 fully saturated rings. The van der Waals surface area contributed by atoms with Crippen molar-refractivity contribution < 1.29 is 14.2 Å². The molecule has 0 spiro atoms. The standard InChI is InChI=1S/C29H32Cl2N6O3S/c1-2-41-29-33-10-12-37(29)36-15-13-35(14-16-36)22-4-6-23(7-5-22)39-28(24-8-3-21(30)17-25(24)31)26-19-38-27(40-26)18-34-11-9-32-20-34/h3-12,17,20,26-28H,2,13-16,18-19H2,1H3/t26-,27-,28?/m1/s1. The molecular weight excluding hydrogens is 583 g/mol. The fourth-order valence-electron chi connectivity index (χ4n) is 5.15. The number of halogens is 2. The molecule has 216 valence electrons. The number of imidazole rings is 2. The highest BCUT2D eigenvalue weighted by Gasteiger charge is 2.36. The summed E-state index contributed by atoms with van der Waals surface area (Å²) in [6.07, 6.45) is 8.03. The second-order valence-corrected chi connectivity index (χ2v) is 11.9. The predicted octanol–water partition coefficient (Wildman–Crippen LogP) is 5.52. The topological polar surface area (TPSA) is 69.8 Å². The van der Waals surface area contributed by atoms with E-state index in [2.05, 4.69) is 43.6 Å². The summed E-state index contributed by atoms with van der Waals surface area (Å²) in [4.78, 5) is 11.0. The van der Waals surface area contributed by atoms with E-state index in [0.717, 1.165) is 54.1 Å². The lowest BCUT2D eigenvalue weighted by Gasteiger charge is -2.38. The number of anilines is 1. The third-order valence-electron chi connectivity index (χ3n) is 7.19. The van der Waals surface area contributed by atoms with Crippen molar-refractivity contribution in [1.29, 1.82) is 0 Å². The molecule has 2 saturated heterocycles. The van der Waals surface area contributed by atoms with Crippen molar-refractivity contribution in [3.05, 3.63) is 89.2 Å². The molecule has 2 aromatic heterocycles. The Kier molecular flexibility index (Phi) is 8.92. The van der Waals surface area contributed by atoms with Gasteiger partial charge in [-0.3, -0.25) is 0 Å². The van der Waals surface area contributed by atoms with Crippen LogP contribution in [-0.4, -0.2) is 70.1 Å². The molecule has 12 heteroatoms. The summed E-state index contributed by atoms with van der Waals surface area (Å²) in [6.45, 7) is 6.74. The van der Waals surface area contributed by atoms with Crippen molar-refractivity contribution in [1.82, 2.24) is 19.2 Å². The second kappa shape index (κ2) is 13.0. The van der Waals surface area contributed by atoms with Crippen LogP contribution in [0.4, 0.5) is 5.69 Å². The highest BCUT2D eigenvalue weighted by Crippen LogP contribution is 2.36. The van der Waals surface area contributed by atoms with Crippen LogP contribution in [0.15, 0.2) is 78.7 Å². The lowest BCUT2D eigenvalue weighted by Crippen LogP contribution is -2.51. The van der Waals surface area contributed by atoms with Crippen LogP contribution in [-0.2, 0) is 16.0 Å². The summed E-state index contributed by atoms with van der Waals surface area (Å²) in [5, 5.41) is 4.49. The molecule has 0 saturated carbocycles. The number of ether oxygens (including phenoxy) is 3. The van der Waals surface area contributed by atoms with Gasteiger partial charge in [0.2, 0.25) is 0 Å². The zero-order valence-corrected chi connectivity index (χ0v) is 25.0. The van der Waals surface area contributed by atoms with Gasteiger partial charge in [0.25, 0.3) is 0 Å². The number of benzene rings is 2. The zero-order chi connectivity index (χ0) is 28.2. The molecule has 0 amide bonds. The molecule has 1 unspecified atom stereocenters. The number of aromatic nitrogens is 4. The Bertz CT molecular complexity index is 1410. The molecule has 2 aliphatic heterocycles. The highest BCUT2D eigenvalue weighted by molar-refractivity contribution is 7.99. The van der Waals surface area contributed by atoms with Gasteiger partial charge in [-0.05, 0) is 42.2 Å². The average molecular weight is 616 g/mol. The first kappa shape index (κ1) is 28.2. The van der Waals surface area contributed by atoms with Crippen molar-refractivity contribution in [2.24, 2.45) is 0 Å². The zero-order valence-electron chi connectivity index (χ0n) is 22.7. The Hall–Kier alpha value is -2.89. The summed E-state index contributed by atoms with van der Waals surface area (Å²) in [7, 11) is 0. The van der Waals surface area contributed by atoms with Crippen molar-refractivity contribution in [3.63, 3.8) is 0 Å². The van der Waals surface area contributed by atoms with E-state index in [9.17, 15) is 0 Å². The van der Waals surface area contributed by atoms with Crippen molar-refractivity contribution >= 4 is 40.7 Å². The minimum atomic E-state index is -0.479. The maximum Gasteiger partial charge on any atom is 0.186 e. The van der Waals surface area contributed by atoms with Gasteiger partial charge in [0.15, 0.2) is 17.6 Å². The van der Waals surface area contributed by atoms with Gasteiger partial charge in [-0.15, -0.1) is 0 Å². The van der Waals surface area contributed by atoms with Crippen LogP contribution in [0.25, 0.3) is 0 Å². The summed E-state index contributed by atoms with van der Waals surface area (Å²) in [6, 6.07) is 13.6. The monoisotopic (exact) mass is 614 g/mol. The first-order chi connectivity index (χ1) is 20.1. The lowest BCUT2D eigenvalue weighted by molar-refractivity contribution is -0.0851. The molecule has 0 N–H and O–H groups in total. The minimum Gasteiger partial charge on any atom is -0.483 e. The van der Waals surface area contributed by atoms with Gasteiger partial charge in [0.1, 0.15) is 11.9 Å². The molecule has 9 nitrogen and oxygen atoms in total. The normalized spacial score (nSPS) is 20.0. The SMILES string of the molecule is CCSc1nccn1N1CCN(c2ccc(OC(c3ccc(Cl)cc3Cl)[C@H]3CO[C@@H](Cn4ccnc4)O3)cc2)CC1. The fraction of sp³-hybridized carbons (Fsp3) is 0.379.